The molecule has 0 saturated heterocycles. The minimum Gasteiger partial charge on any atom is -0.343 e. The molecule has 17 heavy (non-hydrogen) atoms. The molecule has 0 bridgehead atoms. The number of hydrogen-bond acceptors (Lipinski definition) is 4. The van der Waals surface area contributed by atoms with Gasteiger partial charge in [-0.25, -0.2) is 4.98 Å². The first-order chi connectivity index (χ1) is 8.18. The summed E-state index contributed by atoms with van der Waals surface area (Å²) in [5, 5.41) is 5.69. The Balaban J connectivity index is 2.10. The van der Waals surface area contributed by atoms with Crippen molar-refractivity contribution in [1.29, 1.82) is 0 Å². The molecule has 1 aromatic carbocycles. The minimum atomic E-state index is -0.127. The van der Waals surface area contributed by atoms with Crippen LogP contribution in [0.15, 0.2) is 40.7 Å². The van der Waals surface area contributed by atoms with Crippen molar-refractivity contribution < 1.29 is 4.79 Å². The summed E-state index contributed by atoms with van der Waals surface area (Å²) in [5.41, 5.74) is 0.583. The molecule has 0 aliphatic rings. The molecule has 0 fully saturated rings. The molecular weight excluding hydrogens is 252 g/mol. The van der Waals surface area contributed by atoms with Gasteiger partial charge in [0, 0.05) is 16.5 Å². The lowest BCUT2D eigenvalue weighted by Gasteiger charge is -2.12. The van der Waals surface area contributed by atoms with Gasteiger partial charge in [0.15, 0.2) is 0 Å². The second-order valence-corrected chi connectivity index (χ2v) is 4.99. The van der Waals surface area contributed by atoms with Crippen molar-refractivity contribution in [3.8, 4) is 0 Å². The molecular formula is C12H12N2OS2. The smallest absolute Gasteiger partial charge is 0.252 e. The Kier molecular flexibility index (Phi) is 3.81. The van der Waals surface area contributed by atoms with Crippen molar-refractivity contribution in [3.63, 3.8) is 0 Å². The van der Waals surface area contributed by atoms with Gasteiger partial charge in [-0.15, -0.1) is 24.0 Å². The van der Waals surface area contributed by atoms with Crippen molar-refractivity contribution in [1.82, 2.24) is 10.3 Å². The Labute approximate surface area is 109 Å². The summed E-state index contributed by atoms with van der Waals surface area (Å²) in [6, 6.07) is 7.14. The fraction of sp³-hybridized carbons (Fsp3) is 0.167. The minimum absolute atomic E-state index is 0.0876. The average Bonchev–Trinajstić information content (AvgIpc) is 2.82. The Morgan fingerprint density at radius 2 is 2.24 bits per heavy atom. The number of rotatable bonds is 3. The summed E-state index contributed by atoms with van der Waals surface area (Å²) in [4.78, 5) is 16.8. The standard InChI is InChI=1S/C12H12N2OS2/c1-8(12-13-6-7-17-12)14-11(15)9-4-2-3-5-10(9)16/h2-8,16H,1H3,(H,14,15). The fourth-order valence-electron chi connectivity index (χ4n) is 1.45. The first kappa shape index (κ1) is 12.1. The maximum Gasteiger partial charge on any atom is 0.252 e. The summed E-state index contributed by atoms with van der Waals surface area (Å²) in [7, 11) is 0. The van der Waals surface area contributed by atoms with Crippen LogP contribution in [0.3, 0.4) is 0 Å². The molecule has 0 aliphatic carbocycles. The highest BCUT2D eigenvalue weighted by Gasteiger charge is 2.14. The first-order valence-electron chi connectivity index (χ1n) is 5.16. The summed E-state index contributed by atoms with van der Waals surface area (Å²) < 4.78 is 0. The Hall–Kier alpha value is -1.33. The highest BCUT2D eigenvalue weighted by molar-refractivity contribution is 7.80. The normalized spacial score (nSPS) is 12.1. The summed E-state index contributed by atoms with van der Waals surface area (Å²) in [5.74, 6) is -0.127. The SMILES string of the molecule is CC(NC(=O)c1ccccc1S)c1nccs1. The van der Waals surface area contributed by atoms with E-state index in [4.69, 9.17) is 0 Å². The van der Waals surface area contributed by atoms with E-state index >= 15 is 0 Å². The Morgan fingerprint density at radius 1 is 1.47 bits per heavy atom. The number of carbonyl (C=O) groups excluding carboxylic acids is 1. The highest BCUT2D eigenvalue weighted by Crippen LogP contribution is 2.17. The zero-order chi connectivity index (χ0) is 12.3. The van der Waals surface area contributed by atoms with Gasteiger partial charge in [-0.3, -0.25) is 4.79 Å². The van der Waals surface area contributed by atoms with Crippen LogP contribution in [0.25, 0.3) is 0 Å². The lowest BCUT2D eigenvalue weighted by Crippen LogP contribution is -2.26. The van der Waals surface area contributed by atoms with E-state index in [0.717, 1.165) is 5.01 Å². The number of amides is 1. The molecule has 1 atom stereocenters. The zero-order valence-electron chi connectivity index (χ0n) is 9.25. The predicted molar refractivity (Wildman–Crippen MR) is 71.7 cm³/mol. The summed E-state index contributed by atoms with van der Waals surface area (Å²) in [6.45, 7) is 1.91. The van der Waals surface area contributed by atoms with Gasteiger partial charge >= 0.3 is 0 Å². The van der Waals surface area contributed by atoms with Gasteiger partial charge in [-0.2, -0.15) is 0 Å². The maximum atomic E-state index is 12.0. The van der Waals surface area contributed by atoms with Crippen LogP contribution in [0, 0.1) is 0 Å². The molecule has 1 amide bonds. The van der Waals surface area contributed by atoms with Crippen molar-refractivity contribution in [2.45, 2.75) is 17.9 Å². The van der Waals surface area contributed by atoms with Gasteiger partial charge in [0.1, 0.15) is 5.01 Å². The molecule has 1 aromatic heterocycles. The van der Waals surface area contributed by atoms with Crippen LogP contribution in [0.2, 0.25) is 0 Å². The molecule has 0 spiro atoms. The van der Waals surface area contributed by atoms with Crippen LogP contribution >= 0.6 is 24.0 Å². The van der Waals surface area contributed by atoms with Crippen molar-refractivity contribution >= 4 is 29.9 Å². The molecule has 1 unspecified atom stereocenters. The molecule has 5 heteroatoms. The molecule has 2 aromatic rings. The van der Waals surface area contributed by atoms with E-state index in [1.165, 1.54) is 11.3 Å². The van der Waals surface area contributed by atoms with Gasteiger partial charge in [0.05, 0.1) is 11.6 Å². The molecule has 3 nitrogen and oxygen atoms in total. The third-order valence-corrected chi connectivity index (χ3v) is 3.67. The molecule has 1 N–H and O–H groups in total. The van der Waals surface area contributed by atoms with Gasteiger partial charge in [0.2, 0.25) is 0 Å². The maximum absolute atomic E-state index is 12.0. The monoisotopic (exact) mass is 264 g/mol. The molecule has 1 heterocycles. The molecule has 0 radical (unpaired) electrons. The van der Waals surface area contributed by atoms with Crippen LogP contribution in [0.4, 0.5) is 0 Å². The number of thiazole rings is 1. The first-order valence-corrected chi connectivity index (χ1v) is 6.49. The average molecular weight is 264 g/mol. The van der Waals surface area contributed by atoms with E-state index < -0.39 is 0 Å². The highest BCUT2D eigenvalue weighted by atomic mass is 32.1. The van der Waals surface area contributed by atoms with Crippen molar-refractivity contribution in [2.75, 3.05) is 0 Å². The summed E-state index contributed by atoms with van der Waals surface area (Å²) in [6.07, 6.45) is 1.73. The number of aromatic nitrogens is 1. The lowest BCUT2D eigenvalue weighted by molar-refractivity contribution is 0.0937. The number of thiol groups is 1. The van der Waals surface area contributed by atoms with Crippen LogP contribution in [-0.2, 0) is 0 Å². The van der Waals surface area contributed by atoms with Crippen LogP contribution in [0.1, 0.15) is 28.3 Å². The number of nitrogens with one attached hydrogen (secondary N) is 1. The quantitative estimate of drug-likeness (QED) is 0.837. The number of nitrogens with zero attached hydrogens (tertiary/aromatic N) is 1. The largest absolute Gasteiger partial charge is 0.343 e. The lowest BCUT2D eigenvalue weighted by atomic mass is 10.2. The van der Waals surface area contributed by atoms with Crippen LogP contribution < -0.4 is 5.32 Å². The predicted octanol–water partition coefficient (Wildman–Crippen LogP) is 2.92. The van der Waals surface area contributed by atoms with Gasteiger partial charge < -0.3 is 5.32 Å². The van der Waals surface area contributed by atoms with E-state index in [9.17, 15) is 4.79 Å². The fourth-order valence-corrected chi connectivity index (χ4v) is 2.36. The molecule has 88 valence electrons. The van der Waals surface area contributed by atoms with Crippen LogP contribution in [0.5, 0.6) is 0 Å². The van der Waals surface area contributed by atoms with Gasteiger partial charge in [-0.05, 0) is 19.1 Å². The van der Waals surface area contributed by atoms with E-state index in [2.05, 4.69) is 22.9 Å². The third-order valence-electron chi connectivity index (χ3n) is 2.32. The summed E-state index contributed by atoms with van der Waals surface area (Å²) >= 11 is 5.79. The topological polar surface area (TPSA) is 42.0 Å². The second kappa shape index (κ2) is 5.33. The number of carbonyl (C=O) groups is 1. The Morgan fingerprint density at radius 3 is 2.88 bits per heavy atom. The number of benzene rings is 1. The Bertz CT molecular complexity index is 511. The van der Waals surface area contributed by atoms with Gasteiger partial charge in [-0.1, -0.05) is 12.1 Å². The number of hydrogen-bond donors (Lipinski definition) is 2. The second-order valence-electron chi connectivity index (χ2n) is 3.58. The van der Waals surface area contributed by atoms with E-state index in [1.54, 1.807) is 18.3 Å². The molecule has 2 rings (SSSR count). The third kappa shape index (κ3) is 2.87. The van der Waals surface area contributed by atoms with Crippen LogP contribution in [-0.4, -0.2) is 10.9 Å². The van der Waals surface area contributed by atoms with Gasteiger partial charge in [0.25, 0.3) is 5.91 Å². The van der Waals surface area contributed by atoms with Crippen molar-refractivity contribution in [2.24, 2.45) is 0 Å². The van der Waals surface area contributed by atoms with E-state index in [0.29, 0.717) is 10.5 Å². The molecule has 0 saturated carbocycles. The van der Waals surface area contributed by atoms with Crippen molar-refractivity contribution in [3.05, 3.63) is 46.4 Å². The van der Waals surface area contributed by atoms with E-state index in [-0.39, 0.29) is 11.9 Å². The zero-order valence-corrected chi connectivity index (χ0v) is 11.0. The van der Waals surface area contributed by atoms with E-state index in [1.807, 2.05) is 24.4 Å². The molecule has 0 aliphatic heterocycles.